The van der Waals surface area contributed by atoms with Crippen molar-refractivity contribution in [1.82, 2.24) is 0 Å². The van der Waals surface area contributed by atoms with E-state index in [0.717, 1.165) is 6.42 Å². The maximum absolute atomic E-state index is 6.31. The van der Waals surface area contributed by atoms with Crippen LogP contribution in [0, 0.1) is 0 Å². The van der Waals surface area contributed by atoms with Gasteiger partial charge in [-0.3, -0.25) is 0 Å². The molecule has 84 valence electrons. The molecule has 0 aromatic rings. The van der Waals surface area contributed by atoms with Gasteiger partial charge in [-0.15, -0.1) is 11.6 Å². The van der Waals surface area contributed by atoms with E-state index in [2.05, 4.69) is 33.1 Å². The van der Waals surface area contributed by atoms with Crippen LogP contribution < -0.4 is 0 Å². The molecule has 0 saturated carbocycles. The van der Waals surface area contributed by atoms with Crippen LogP contribution in [0.3, 0.4) is 0 Å². The minimum atomic E-state index is -1.41. The Hall–Kier alpha value is 0.684. The minimum absolute atomic E-state index is 0.229. The maximum atomic E-state index is 6.31. The molecule has 0 radical (unpaired) electrons. The van der Waals surface area contributed by atoms with E-state index in [1.54, 1.807) is 0 Å². The van der Waals surface area contributed by atoms with Gasteiger partial charge in [-0.2, -0.15) is 0 Å². The van der Waals surface area contributed by atoms with Crippen molar-refractivity contribution in [3.8, 4) is 0 Å². The third-order valence-electron chi connectivity index (χ3n) is 3.92. The van der Waals surface area contributed by atoms with E-state index in [0.29, 0.717) is 6.10 Å². The van der Waals surface area contributed by atoms with Gasteiger partial charge in [0.25, 0.3) is 0 Å². The molecular formula is C10H23ClOSi2. The molecule has 0 amide bonds. The molecule has 1 fully saturated rings. The molecular weight excluding hydrogens is 228 g/mol. The Morgan fingerprint density at radius 3 is 2.36 bits per heavy atom. The van der Waals surface area contributed by atoms with Crippen LogP contribution >= 0.6 is 11.6 Å². The van der Waals surface area contributed by atoms with Crippen molar-refractivity contribution in [2.75, 3.05) is 0 Å². The fraction of sp³-hybridized carbons (Fsp3) is 1.00. The van der Waals surface area contributed by atoms with Crippen LogP contribution in [0.4, 0.5) is 0 Å². The van der Waals surface area contributed by atoms with Crippen LogP contribution in [0.2, 0.25) is 32.2 Å². The first-order valence-electron chi connectivity index (χ1n) is 5.62. The molecule has 14 heavy (non-hydrogen) atoms. The number of hydrogen-bond acceptors (Lipinski definition) is 1. The fourth-order valence-electron chi connectivity index (χ4n) is 1.92. The van der Waals surface area contributed by atoms with Gasteiger partial charge in [0.1, 0.15) is 0 Å². The molecule has 1 heterocycles. The van der Waals surface area contributed by atoms with Gasteiger partial charge in [0.05, 0.1) is 19.1 Å². The Balaban J connectivity index is 2.68. The first-order valence-corrected chi connectivity index (χ1v) is 13.2. The normalized spacial score (nSPS) is 32.6. The predicted molar refractivity (Wildman–Crippen MR) is 69.2 cm³/mol. The molecule has 0 aliphatic carbocycles. The Morgan fingerprint density at radius 2 is 1.93 bits per heavy atom. The Morgan fingerprint density at radius 1 is 1.36 bits per heavy atom. The topological polar surface area (TPSA) is 9.23 Å². The smallest absolute Gasteiger partial charge is 0.174 e. The average molecular weight is 251 g/mol. The van der Waals surface area contributed by atoms with Crippen molar-refractivity contribution in [3.05, 3.63) is 0 Å². The van der Waals surface area contributed by atoms with Gasteiger partial charge in [-0.25, -0.2) is 0 Å². The lowest BCUT2D eigenvalue weighted by atomic mass is 10.1. The fourth-order valence-corrected chi connectivity index (χ4v) is 8.80. The highest BCUT2D eigenvalue weighted by Gasteiger charge is 2.48. The van der Waals surface area contributed by atoms with Crippen LogP contribution in [0.1, 0.15) is 19.8 Å². The molecule has 1 aliphatic heterocycles. The molecule has 1 aliphatic rings. The largest absolute Gasteiger partial charge is 0.416 e. The van der Waals surface area contributed by atoms with Gasteiger partial charge in [0.2, 0.25) is 0 Å². The molecule has 2 unspecified atom stereocenters. The number of hydrogen-bond donors (Lipinski definition) is 0. The van der Waals surface area contributed by atoms with Gasteiger partial charge in [0.15, 0.2) is 7.83 Å². The molecule has 1 nitrogen and oxygen atoms in total. The lowest BCUT2D eigenvalue weighted by Gasteiger charge is -2.46. The summed E-state index contributed by atoms with van der Waals surface area (Å²) in [7, 11) is -2.47. The average Bonchev–Trinajstić information content (AvgIpc) is 2.08. The van der Waals surface area contributed by atoms with Crippen LogP contribution in [0.5, 0.6) is 0 Å². The van der Waals surface area contributed by atoms with E-state index in [4.69, 9.17) is 16.0 Å². The van der Waals surface area contributed by atoms with Crippen LogP contribution in [-0.4, -0.2) is 26.9 Å². The van der Waals surface area contributed by atoms with E-state index in [1.807, 2.05) is 0 Å². The van der Waals surface area contributed by atoms with Crippen molar-refractivity contribution in [1.29, 1.82) is 0 Å². The Bertz CT molecular complexity index is 206. The van der Waals surface area contributed by atoms with Gasteiger partial charge in [-0.1, -0.05) is 26.1 Å². The lowest BCUT2D eigenvalue weighted by Crippen LogP contribution is -2.62. The third-order valence-corrected chi connectivity index (χ3v) is 21.1. The van der Waals surface area contributed by atoms with E-state index < -0.39 is 15.4 Å². The standard InChI is InChI=1S/C10H23ClOSi2/c1-6-9(11)10-7-8-13(2,3)14(4,5)12-10/h9-10H,6-8H2,1-5H3. The second kappa shape index (κ2) is 4.28. The lowest BCUT2D eigenvalue weighted by molar-refractivity contribution is 0.178. The molecule has 0 aromatic carbocycles. The first-order chi connectivity index (χ1) is 6.30. The summed E-state index contributed by atoms with van der Waals surface area (Å²) in [5, 5.41) is 0.229. The van der Waals surface area contributed by atoms with Gasteiger partial charge < -0.3 is 4.43 Å². The van der Waals surface area contributed by atoms with Crippen LogP contribution in [-0.2, 0) is 4.43 Å². The molecule has 2 atom stereocenters. The molecule has 0 bridgehead atoms. The quantitative estimate of drug-likeness (QED) is 0.535. The summed E-state index contributed by atoms with van der Waals surface area (Å²) in [6.07, 6.45) is 2.56. The maximum Gasteiger partial charge on any atom is 0.174 e. The van der Waals surface area contributed by atoms with E-state index in [1.165, 1.54) is 12.5 Å². The van der Waals surface area contributed by atoms with Crippen LogP contribution in [0.15, 0.2) is 0 Å². The molecule has 4 heteroatoms. The minimum Gasteiger partial charge on any atom is -0.416 e. The van der Waals surface area contributed by atoms with E-state index in [-0.39, 0.29) is 5.38 Å². The highest BCUT2D eigenvalue weighted by Crippen LogP contribution is 2.35. The van der Waals surface area contributed by atoms with Crippen LogP contribution in [0.25, 0.3) is 0 Å². The summed E-state index contributed by atoms with van der Waals surface area (Å²) < 4.78 is 6.31. The van der Waals surface area contributed by atoms with Gasteiger partial charge in [0, 0.05) is 0 Å². The summed E-state index contributed by atoms with van der Waals surface area (Å²) >= 11 is 6.28. The Labute approximate surface area is 95.1 Å². The molecule has 0 N–H and O–H groups in total. The summed E-state index contributed by atoms with van der Waals surface area (Å²) in [4.78, 5) is 0. The molecule has 1 rings (SSSR count). The van der Waals surface area contributed by atoms with Crippen molar-refractivity contribution in [2.24, 2.45) is 0 Å². The summed E-state index contributed by atoms with van der Waals surface area (Å²) in [6, 6.07) is 1.40. The van der Waals surface area contributed by atoms with E-state index >= 15 is 0 Å². The summed E-state index contributed by atoms with van der Waals surface area (Å²) in [5.74, 6) is 0. The second-order valence-corrected chi connectivity index (χ2v) is 21.3. The number of rotatable bonds is 2. The first kappa shape index (κ1) is 12.8. The number of halogens is 1. The van der Waals surface area contributed by atoms with Crippen molar-refractivity contribution >= 4 is 27.0 Å². The zero-order chi connectivity index (χ0) is 11.0. The van der Waals surface area contributed by atoms with Gasteiger partial charge in [-0.05, 0) is 25.9 Å². The van der Waals surface area contributed by atoms with Crippen molar-refractivity contribution in [3.63, 3.8) is 0 Å². The molecule has 0 aromatic heterocycles. The highest BCUT2D eigenvalue weighted by atomic mass is 35.5. The predicted octanol–water partition coefficient (Wildman–Crippen LogP) is 3.78. The van der Waals surface area contributed by atoms with Gasteiger partial charge >= 0.3 is 0 Å². The second-order valence-electron chi connectivity index (χ2n) is 5.51. The SMILES string of the molecule is CCC(Cl)C1CC[Si](C)(C)[Si](C)(C)O1. The number of alkyl halides is 1. The highest BCUT2D eigenvalue weighted by molar-refractivity contribution is 7.38. The summed E-state index contributed by atoms with van der Waals surface area (Å²) in [5.41, 5.74) is 0. The zero-order valence-electron chi connectivity index (χ0n) is 10.1. The van der Waals surface area contributed by atoms with Crippen molar-refractivity contribution < 1.29 is 4.43 Å². The van der Waals surface area contributed by atoms with E-state index in [9.17, 15) is 0 Å². The third kappa shape index (κ3) is 2.43. The Kier molecular flexibility index (Phi) is 3.90. The summed E-state index contributed by atoms with van der Waals surface area (Å²) in [6.45, 7) is 11.9. The molecule has 1 saturated heterocycles. The van der Waals surface area contributed by atoms with Crippen molar-refractivity contribution in [2.45, 2.75) is 63.5 Å². The monoisotopic (exact) mass is 250 g/mol. The zero-order valence-corrected chi connectivity index (χ0v) is 12.8. The molecule has 0 spiro atoms.